The Morgan fingerprint density at radius 3 is 2.53 bits per heavy atom. The number of hydrogen-bond donors (Lipinski definition) is 0. The van der Waals surface area contributed by atoms with Crippen LogP contribution in [0.1, 0.15) is 56.7 Å². The first-order valence-electron chi connectivity index (χ1n) is 14.4. The molecule has 0 unspecified atom stereocenters. The van der Waals surface area contributed by atoms with Gasteiger partial charge in [0.25, 0.3) is 11.5 Å². The highest BCUT2D eigenvalue weighted by atomic mass is 79.9. The van der Waals surface area contributed by atoms with Gasteiger partial charge in [-0.05, 0) is 68.2 Å². The fraction of sp³-hybridized carbons (Fsp3) is 0.375. The first kappa shape index (κ1) is 30.7. The van der Waals surface area contributed by atoms with Crippen LogP contribution in [0.3, 0.4) is 0 Å². The van der Waals surface area contributed by atoms with Crippen LogP contribution in [0, 0.1) is 0 Å². The van der Waals surface area contributed by atoms with Crippen molar-refractivity contribution in [2.45, 2.75) is 45.6 Å². The van der Waals surface area contributed by atoms with Crippen molar-refractivity contribution >= 4 is 45.2 Å². The molecule has 1 atom stereocenters. The number of fused-ring (bicyclic) bond motifs is 1. The summed E-state index contributed by atoms with van der Waals surface area (Å²) in [7, 11) is 1.56. The molecule has 226 valence electrons. The molecule has 2 aliphatic rings. The maximum Gasteiger partial charge on any atom is 0.338 e. The number of aromatic nitrogens is 1. The van der Waals surface area contributed by atoms with Gasteiger partial charge in [-0.3, -0.25) is 14.2 Å². The van der Waals surface area contributed by atoms with Crippen molar-refractivity contribution in [1.82, 2.24) is 9.47 Å². The van der Waals surface area contributed by atoms with Crippen molar-refractivity contribution in [2.75, 3.05) is 33.4 Å². The summed E-state index contributed by atoms with van der Waals surface area (Å²) in [5, 5.41) is 0. The van der Waals surface area contributed by atoms with Crippen molar-refractivity contribution in [3.63, 3.8) is 0 Å². The maximum atomic E-state index is 14.0. The van der Waals surface area contributed by atoms with Gasteiger partial charge in [-0.15, -0.1) is 0 Å². The van der Waals surface area contributed by atoms with Gasteiger partial charge in [-0.25, -0.2) is 9.79 Å². The average molecular weight is 669 g/mol. The Morgan fingerprint density at radius 2 is 1.86 bits per heavy atom. The molecule has 0 saturated carbocycles. The summed E-state index contributed by atoms with van der Waals surface area (Å²) < 4.78 is 19.7. The molecule has 1 fully saturated rings. The summed E-state index contributed by atoms with van der Waals surface area (Å²) in [6.45, 7) is 5.54. The van der Waals surface area contributed by atoms with Gasteiger partial charge >= 0.3 is 5.97 Å². The lowest BCUT2D eigenvalue weighted by molar-refractivity contribution is -0.139. The molecule has 11 heteroatoms. The predicted octanol–water partition coefficient (Wildman–Crippen LogP) is 4.35. The standard InChI is InChI=1S/C32H34BrN3O6S/c1-4-8-24-28(31(39)41-5-2)29(23-18-21(33)11-14-25(23)40-3)36-30(38)26(43-32(36)34-24)17-20-9-12-22(13-10-20)42-19-27(37)35-15-6-7-16-35/h9-14,17-18,29H,4-8,15-16,19H2,1-3H3/b26-17-/t29-/m0/s1. The molecule has 0 radical (unpaired) electrons. The lowest BCUT2D eigenvalue weighted by Gasteiger charge is -2.27. The van der Waals surface area contributed by atoms with Gasteiger partial charge in [-0.2, -0.15) is 0 Å². The van der Waals surface area contributed by atoms with Gasteiger partial charge in [0.1, 0.15) is 17.5 Å². The Labute approximate surface area is 262 Å². The van der Waals surface area contributed by atoms with Crippen LogP contribution < -0.4 is 24.4 Å². The largest absolute Gasteiger partial charge is 0.496 e. The highest BCUT2D eigenvalue weighted by molar-refractivity contribution is 9.10. The van der Waals surface area contributed by atoms with Gasteiger partial charge in [0.2, 0.25) is 0 Å². The molecule has 3 heterocycles. The van der Waals surface area contributed by atoms with E-state index in [9.17, 15) is 14.4 Å². The second kappa shape index (κ2) is 13.7. The molecule has 9 nitrogen and oxygen atoms in total. The van der Waals surface area contributed by atoms with Gasteiger partial charge in [-0.1, -0.05) is 52.7 Å². The SMILES string of the molecule is CCCC1=C(C(=O)OCC)[C@H](c2cc(Br)ccc2OC)n2c(s/c(=C\c3ccc(OCC(=O)N4CCCC4)cc3)c2=O)=N1. The number of nitrogens with zero attached hydrogens (tertiary/aromatic N) is 3. The summed E-state index contributed by atoms with van der Waals surface area (Å²) in [5.41, 5.74) is 2.11. The van der Waals surface area contributed by atoms with E-state index in [1.807, 2.05) is 36.1 Å². The number of benzene rings is 2. The zero-order valence-electron chi connectivity index (χ0n) is 24.4. The van der Waals surface area contributed by atoms with Crippen molar-refractivity contribution < 1.29 is 23.8 Å². The molecular weight excluding hydrogens is 634 g/mol. The number of ether oxygens (including phenoxy) is 3. The summed E-state index contributed by atoms with van der Waals surface area (Å²) in [6, 6.07) is 12.0. The van der Waals surface area contributed by atoms with Crippen LogP contribution in [0.15, 0.2) is 68.0 Å². The molecule has 5 rings (SSSR count). The molecular formula is C32H34BrN3O6S. The molecule has 2 aliphatic heterocycles. The molecule has 0 N–H and O–H groups in total. The number of methoxy groups -OCH3 is 1. The number of amides is 1. The van der Waals surface area contributed by atoms with E-state index in [0.717, 1.165) is 42.4 Å². The van der Waals surface area contributed by atoms with E-state index in [1.54, 1.807) is 42.9 Å². The molecule has 0 aliphatic carbocycles. The first-order valence-corrected chi connectivity index (χ1v) is 16.0. The van der Waals surface area contributed by atoms with Crippen molar-refractivity contribution in [3.05, 3.63) is 89.0 Å². The number of halogens is 1. The Balaban J connectivity index is 1.54. The number of thiazole rings is 1. The lowest BCUT2D eigenvalue weighted by atomic mass is 9.93. The molecule has 1 aromatic heterocycles. The van der Waals surface area contributed by atoms with Gasteiger partial charge < -0.3 is 19.1 Å². The van der Waals surface area contributed by atoms with E-state index >= 15 is 0 Å². The maximum absolute atomic E-state index is 14.0. The Morgan fingerprint density at radius 1 is 1.12 bits per heavy atom. The minimum atomic E-state index is -0.782. The first-order chi connectivity index (χ1) is 20.8. The molecule has 1 saturated heterocycles. The van der Waals surface area contributed by atoms with E-state index in [0.29, 0.717) is 44.1 Å². The number of allylic oxidation sites excluding steroid dienone is 1. The van der Waals surface area contributed by atoms with E-state index in [1.165, 1.54) is 11.3 Å². The quantitative estimate of drug-likeness (QED) is 0.298. The number of rotatable bonds is 10. The Bertz CT molecular complexity index is 1720. The normalized spacial score (nSPS) is 16.6. The van der Waals surface area contributed by atoms with Crippen LogP contribution in [0.25, 0.3) is 6.08 Å². The van der Waals surface area contributed by atoms with Crippen LogP contribution in [0.5, 0.6) is 11.5 Å². The van der Waals surface area contributed by atoms with Crippen molar-refractivity contribution in [1.29, 1.82) is 0 Å². The Hall–Kier alpha value is -3.70. The minimum Gasteiger partial charge on any atom is -0.496 e. The van der Waals surface area contributed by atoms with Crippen LogP contribution in [0.4, 0.5) is 0 Å². The second-order valence-corrected chi connectivity index (χ2v) is 12.2. The molecule has 0 bridgehead atoms. The number of likely N-dealkylation sites (tertiary alicyclic amines) is 1. The number of hydrogen-bond acceptors (Lipinski definition) is 8. The minimum absolute atomic E-state index is 0.0000978. The fourth-order valence-corrected chi connectivity index (χ4v) is 6.75. The van der Waals surface area contributed by atoms with Crippen LogP contribution in [-0.4, -0.2) is 54.8 Å². The summed E-state index contributed by atoms with van der Waals surface area (Å²) in [4.78, 5) is 46.9. The highest BCUT2D eigenvalue weighted by Crippen LogP contribution is 2.38. The summed E-state index contributed by atoms with van der Waals surface area (Å²) in [6.07, 6.45) is 5.18. The van der Waals surface area contributed by atoms with E-state index in [-0.39, 0.29) is 24.7 Å². The smallest absolute Gasteiger partial charge is 0.338 e. The summed E-state index contributed by atoms with van der Waals surface area (Å²) >= 11 is 4.81. The number of esters is 1. The molecule has 0 spiro atoms. The third-order valence-corrected chi connectivity index (χ3v) is 8.85. The Kier molecular flexibility index (Phi) is 9.82. The zero-order chi connectivity index (χ0) is 30.5. The summed E-state index contributed by atoms with van der Waals surface area (Å²) in [5.74, 6) is 0.607. The lowest BCUT2D eigenvalue weighted by Crippen LogP contribution is -2.40. The zero-order valence-corrected chi connectivity index (χ0v) is 26.8. The van der Waals surface area contributed by atoms with Crippen LogP contribution in [0.2, 0.25) is 0 Å². The van der Waals surface area contributed by atoms with Gasteiger partial charge in [0.05, 0.1) is 29.5 Å². The molecule has 3 aromatic rings. The molecule has 1 amide bonds. The number of carbonyl (C=O) groups is 2. The average Bonchev–Trinajstić information content (AvgIpc) is 3.65. The number of carbonyl (C=O) groups excluding carboxylic acids is 2. The van der Waals surface area contributed by atoms with Gasteiger partial charge in [0.15, 0.2) is 11.4 Å². The monoisotopic (exact) mass is 667 g/mol. The predicted molar refractivity (Wildman–Crippen MR) is 168 cm³/mol. The van der Waals surface area contributed by atoms with Gasteiger partial charge in [0, 0.05) is 23.1 Å². The molecule has 43 heavy (non-hydrogen) atoms. The topological polar surface area (TPSA) is 99.4 Å². The fourth-order valence-electron chi connectivity index (χ4n) is 5.35. The van der Waals surface area contributed by atoms with Crippen molar-refractivity contribution in [3.8, 4) is 11.5 Å². The van der Waals surface area contributed by atoms with E-state index in [2.05, 4.69) is 15.9 Å². The van der Waals surface area contributed by atoms with Crippen molar-refractivity contribution in [2.24, 2.45) is 4.99 Å². The van der Waals surface area contributed by atoms with Crippen LogP contribution >= 0.6 is 27.3 Å². The van der Waals surface area contributed by atoms with E-state index in [4.69, 9.17) is 19.2 Å². The van der Waals surface area contributed by atoms with E-state index < -0.39 is 12.0 Å². The van der Waals surface area contributed by atoms with Crippen LogP contribution in [-0.2, 0) is 14.3 Å². The third-order valence-electron chi connectivity index (χ3n) is 7.38. The highest BCUT2D eigenvalue weighted by Gasteiger charge is 2.36. The third kappa shape index (κ3) is 6.62. The molecule has 2 aromatic carbocycles. The second-order valence-electron chi connectivity index (χ2n) is 10.2.